The van der Waals surface area contributed by atoms with Crippen LogP contribution in [0.2, 0.25) is 0 Å². The predicted molar refractivity (Wildman–Crippen MR) is 60.8 cm³/mol. The Hall–Kier alpha value is -1.52. The predicted octanol–water partition coefficient (Wildman–Crippen LogP) is 1.44. The van der Waals surface area contributed by atoms with Crippen molar-refractivity contribution in [2.45, 2.75) is 12.6 Å². The van der Waals surface area contributed by atoms with Gasteiger partial charge in [-0.05, 0) is 24.3 Å². The minimum absolute atomic E-state index is 0.485. The molecule has 2 aromatic heterocycles. The van der Waals surface area contributed by atoms with Crippen molar-refractivity contribution in [2.24, 2.45) is 7.05 Å². The molecule has 4 nitrogen and oxygen atoms in total. The third-order valence-corrected chi connectivity index (χ3v) is 2.57. The molecule has 16 heavy (non-hydrogen) atoms. The van der Waals surface area contributed by atoms with Crippen LogP contribution in [0.15, 0.2) is 41.1 Å². The number of hydrogen-bond donors (Lipinski definition) is 2. The Morgan fingerprint density at radius 1 is 1.44 bits per heavy atom. The van der Waals surface area contributed by atoms with Gasteiger partial charge in [-0.1, -0.05) is 0 Å². The minimum Gasteiger partial charge on any atom is -0.467 e. The number of hydrogen-bond acceptors (Lipinski definition) is 3. The molecule has 1 unspecified atom stereocenters. The minimum atomic E-state index is -0.588. The van der Waals surface area contributed by atoms with Gasteiger partial charge in [-0.3, -0.25) is 0 Å². The van der Waals surface area contributed by atoms with Gasteiger partial charge in [0, 0.05) is 32.0 Å². The van der Waals surface area contributed by atoms with Crippen molar-refractivity contribution in [2.75, 3.05) is 6.54 Å². The molecule has 0 bridgehead atoms. The molecule has 4 heteroatoms. The summed E-state index contributed by atoms with van der Waals surface area (Å²) in [7, 11) is 2.00. The molecule has 0 saturated carbocycles. The highest BCUT2D eigenvalue weighted by molar-refractivity contribution is 5.06. The number of rotatable bonds is 5. The van der Waals surface area contributed by atoms with Crippen LogP contribution in [0.5, 0.6) is 0 Å². The van der Waals surface area contributed by atoms with Gasteiger partial charge in [-0.25, -0.2) is 0 Å². The highest BCUT2D eigenvalue weighted by Gasteiger charge is 2.09. The van der Waals surface area contributed by atoms with Crippen LogP contribution in [-0.2, 0) is 13.6 Å². The zero-order valence-electron chi connectivity index (χ0n) is 9.26. The summed E-state index contributed by atoms with van der Waals surface area (Å²) < 4.78 is 7.16. The third-order valence-electron chi connectivity index (χ3n) is 2.57. The fourth-order valence-corrected chi connectivity index (χ4v) is 1.60. The number of furan rings is 1. The van der Waals surface area contributed by atoms with Crippen LogP contribution in [0.4, 0.5) is 0 Å². The molecule has 0 radical (unpaired) electrons. The number of aryl methyl sites for hydroxylation is 1. The van der Waals surface area contributed by atoms with E-state index >= 15 is 0 Å². The lowest BCUT2D eigenvalue weighted by molar-refractivity contribution is 0.147. The van der Waals surface area contributed by atoms with Crippen LogP contribution in [0.3, 0.4) is 0 Å². The lowest BCUT2D eigenvalue weighted by Gasteiger charge is -2.09. The second kappa shape index (κ2) is 5.01. The first-order valence-electron chi connectivity index (χ1n) is 5.30. The van der Waals surface area contributed by atoms with E-state index in [9.17, 15) is 5.11 Å². The molecule has 0 aliphatic heterocycles. The molecule has 0 spiro atoms. The number of aliphatic hydroxyl groups is 1. The van der Waals surface area contributed by atoms with Crippen LogP contribution in [-0.4, -0.2) is 16.2 Å². The second-order valence-electron chi connectivity index (χ2n) is 3.77. The van der Waals surface area contributed by atoms with Crippen molar-refractivity contribution >= 4 is 0 Å². The molecule has 0 aliphatic carbocycles. The summed E-state index contributed by atoms with van der Waals surface area (Å²) in [5.74, 6) is 0.597. The van der Waals surface area contributed by atoms with Gasteiger partial charge in [-0.15, -0.1) is 0 Å². The maximum absolute atomic E-state index is 9.74. The summed E-state index contributed by atoms with van der Waals surface area (Å²) in [6.07, 6.45) is 2.98. The zero-order valence-corrected chi connectivity index (χ0v) is 9.26. The van der Waals surface area contributed by atoms with Gasteiger partial charge in [0.05, 0.1) is 6.26 Å². The molecule has 0 fully saturated rings. The Balaban J connectivity index is 1.78. The standard InChI is InChI=1S/C12H16N2O2/c1-14-6-2-4-10(14)8-13-9-11(15)12-5-3-7-16-12/h2-7,11,13,15H,8-9H2,1H3. The normalized spacial score (nSPS) is 12.9. The smallest absolute Gasteiger partial charge is 0.133 e. The molecule has 0 saturated heterocycles. The van der Waals surface area contributed by atoms with E-state index in [1.807, 2.05) is 29.9 Å². The monoisotopic (exact) mass is 220 g/mol. The molecule has 2 heterocycles. The first-order valence-corrected chi connectivity index (χ1v) is 5.30. The first-order chi connectivity index (χ1) is 7.77. The van der Waals surface area contributed by atoms with Gasteiger partial charge in [0.15, 0.2) is 0 Å². The number of aliphatic hydroxyl groups excluding tert-OH is 1. The maximum Gasteiger partial charge on any atom is 0.133 e. The van der Waals surface area contributed by atoms with Crippen LogP contribution in [0, 0.1) is 0 Å². The molecule has 2 rings (SSSR count). The van der Waals surface area contributed by atoms with E-state index in [2.05, 4.69) is 5.32 Å². The van der Waals surface area contributed by atoms with Crippen molar-refractivity contribution in [3.63, 3.8) is 0 Å². The Bertz CT molecular complexity index is 420. The zero-order chi connectivity index (χ0) is 11.4. The SMILES string of the molecule is Cn1cccc1CNCC(O)c1ccco1. The maximum atomic E-state index is 9.74. The molecule has 0 amide bonds. The Morgan fingerprint density at radius 2 is 2.31 bits per heavy atom. The van der Waals surface area contributed by atoms with Gasteiger partial charge in [-0.2, -0.15) is 0 Å². The number of nitrogens with one attached hydrogen (secondary N) is 1. The van der Waals surface area contributed by atoms with Crippen molar-refractivity contribution in [1.29, 1.82) is 0 Å². The summed E-state index contributed by atoms with van der Waals surface area (Å²) in [6.45, 7) is 1.22. The molecular weight excluding hydrogens is 204 g/mol. The van der Waals surface area contributed by atoms with Crippen molar-refractivity contribution in [1.82, 2.24) is 9.88 Å². The molecule has 86 valence electrons. The summed E-state index contributed by atoms with van der Waals surface area (Å²) in [5.41, 5.74) is 1.19. The van der Waals surface area contributed by atoms with Crippen molar-refractivity contribution in [3.05, 3.63) is 48.2 Å². The van der Waals surface area contributed by atoms with Crippen LogP contribution in [0.25, 0.3) is 0 Å². The van der Waals surface area contributed by atoms with E-state index < -0.39 is 6.10 Å². The molecule has 1 atom stereocenters. The molecule has 2 aromatic rings. The average Bonchev–Trinajstić information content (AvgIpc) is 2.90. The van der Waals surface area contributed by atoms with E-state index in [-0.39, 0.29) is 0 Å². The van der Waals surface area contributed by atoms with Crippen molar-refractivity contribution in [3.8, 4) is 0 Å². The van der Waals surface area contributed by atoms with Crippen LogP contribution < -0.4 is 5.32 Å². The topological polar surface area (TPSA) is 50.3 Å². The summed E-state index contributed by atoms with van der Waals surface area (Å²) in [5, 5.41) is 12.9. The second-order valence-corrected chi connectivity index (χ2v) is 3.77. The summed E-state index contributed by atoms with van der Waals surface area (Å²) in [4.78, 5) is 0. The van der Waals surface area contributed by atoms with Crippen LogP contribution >= 0.6 is 0 Å². The molecule has 0 aromatic carbocycles. The summed E-state index contributed by atoms with van der Waals surface area (Å²) >= 11 is 0. The van der Waals surface area contributed by atoms with Gasteiger partial charge in [0.2, 0.25) is 0 Å². The summed E-state index contributed by atoms with van der Waals surface area (Å²) in [6, 6.07) is 7.59. The van der Waals surface area contributed by atoms with Crippen molar-refractivity contribution < 1.29 is 9.52 Å². The lowest BCUT2D eigenvalue weighted by Crippen LogP contribution is -2.21. The Morgan fingerprint density at radius 3 is 2.94 bits per heavy atom. The van der Waals surface area contributed by atoms with E-state index in [0.29, 0.717) is 12.3 Å². The van der Waals surface area contributed by atoms with Crippen LogP contribution in [0.1, 0.15) is 17.6 Å². The fourth-order valence-electron chi connectivity index (χ4n) is 1.60. The van der Waals surface area contributed by atoms with Gasteiger partial charge in [0.1, 0.15) is 11.9 Å². The Labute approximate surface area is 94.5 Å². The quantitative estimate of drug-likeness (QED) is 0.801. The number of nitrogens with zero attached hydrogens (tertiary/aromatic N) is 1. The van der Waals surface area contributed by atoms with Gasteiger partial charge >= 0.3 is 0 Å². The largest absolute Gasteiger partial charge is 0.467 e. The fraction of sp³-hybridized carbons (Fsp3) is 0.333. The van der Waals surface area contributed by atoms with E-state index in [1.165, 1.54) is 5.69 Å². The van der Waals surface area contributed by atoms with E-state index in [0.717, 1.165) is 6.54 Å². The Kier molecular flexibility index (Phi) is 3.44. The van der Waals surface area contributed by atoms with Gasteiger partial charge < -0.3 is 19.4 Å². The van der Waals surface area contributed by atoms with E-state index in [4.69, 9.17) is 4.42 Å². The highest BCUT2D eigenvalue weighted by atomic mass is 16.4. The first kappa shape index (κ1) is 11.0. The van der Waals surface area contributed by atoms with Gasteiger partial charge in [0.25, 0.3) is 0 Å². The highest BCUT2D eigenvalue weighted by Crippen LogP contribution is 2.11. The average molecular weight is 220 g/mol. The molecular formula is C12H16N2O2. The lowest BCUT2D eigenvalue weighted by atomic mass is 10.2. The van der Waals surface area contributed by atoms with E-state index in [1.54, 1.807) is 18.4 Å². The molecule has 2 N–H and O–H groups in total. The molecule has 0 aliphatic rings. The third kappa shape index (κ3) is 2.53. The number of aromatic nitrogens is 1.